The average Bonchev–Trinajstić information content (AvgIpc) is 2.71. The summed E-state index contributed by atoms with van der Waals surface area (Å²) in [7, 11) is 1.64. The van der Waals surface area contributed by atoms with Gasteiger partial charge in [-0.25, -0.2) is 0 Å². The number of aromatic nitrogens is 1. The molecule has 1 fully saturated rings. The highest BCUT2D eigenvalue weighted by atomic mass is 16.2. The molecule has 120 valence electrons. The summed E-state index contributed by atoms with van der Waals surface area (Å²) in [6.07, 6.45) is 1.79. The van der Waals surface area contributed by atoms with Crippen LogP contribution in [0.25, 0.3) is 0 Å². The first-order chi connectivity index (χ1) is 10.5. The summed E-state index contributed by atoms with van der Waals surface area (Å²) in [5.74, 6) is -0.207. The van der Waals surface area contributed by atoms with E-state index < -0.39 is 0 Å². The molecule has 1 atom stereocenters. The Kier molecular flexibility index (Phi) is 5.49. The molecule has 0 aromatic carbocycles. The molecule has 0 saturated carbocycles. The molecule has 6 nitrogen and oxygen atoms in total. The molecule has 6 heteroatoms. The van der Waals surface area contributed by atoms with Gasteiger partial charge in [0.05, 0.1) is 11.6 Å². The van der Waals surface area contributed by atoms with Crippen molar-refractivity contribution in [2.24, 2.45) is 5.92 Å². The van der Waals surface area contributed by atoms with E-state index in [1.807, 2.05) is 19.1 Å². The number of pyridine rings is 1. The van der Waals surface area contributed by atoms with E-state index in [0.29, 0.717) is 26.2 Å². The second-order valence-electron chi connectivity index (χ2n) is 5.78. The zero-order valence-corrected chi connectivity index (χ0v) is 13.5. The zero-order valence-electron chi connectivity index (χ0n) is 13.5. The predicted octanol–water partition coefficient (Wildman–Crippen LogP) is 0.416. The highest BCUT2D eigenvalue weighted by Crippen LogP contribution is 2.14. The van der Waals surface area contributed by atoms with Crippen molar-refractivity contribution in [1.29, 1.82) is 0 Å². The van der Waals surface area contributed by atoms with E-state index in [1.54, 1.807) is 25.1 Å². The van der Waals surface area contributed by atoms with E-state index in [0.717, 1.165) is 17.8 Å². The van der Waals surface area contributed by atoms with Crippen LogP contribution in [0.2, 0.25) is 0 Å². The Morgan fingerprint density at radius 3 is 2.77 bits per heavy atom. The van der Waals surface area contributed by atoms with Crippen LogP contribution in [-0.2, 0) is 16.1 Å². The number of carbonyl (C=O) groups excluding carboxylic acids is 2. The summed E-state index contributed by atoms with van der Waals surface area (Å²) in [6.45, 7) is 6.81. The molecule has 22 heavy (non-hydrogen) atoms. The van der Waals surface area contributed by atoms with E-state index in [4.69, 9.17) is 0 Å². The minimum Gasteiger partial charge on any atom is -0.359 e. The molecule has 1 saturated heterocycles. The Balaban J connectivity index is 2.13. The lowest BCUT2D eigenvalue weighted by Crippen LogP contribution is -2.40. The number of amides is 2. The van der Waals surface area contributed by atoms with Gasteiger partial charge < -0.3 is 10.2 Å². The molecule has 2 rings (SSSR count). The highest BCUT2D eigenvalue weighted by Gasteiger charge is 2.28. The van der Waals surface area contributed by atoms with Crippen LogP contribution in [-0.4, -0.2) is 59.8 Å². The van der Waals surface area contributed by atoms with Gasteiger partial charge in [0.25, 0.3) is 0 Å². The molecule has 0 aliphatic carbocycles. The summed E-state index contributed by atoms with van der Waals surface area (Å²) in [5.41, 5.74) is 2.17. The van der Waals surface area contributed by atoms with Crippen LogP contribution in [0.1, 0.15) is 18.2 Å². The molecule has 2 amide bonds. The van der Waals surface area contributed by atoms with Crippen molar-refractivity contribution in [2.45, 2.75) is 20.4 Å². The zero-order chi connectivity index (χ0) is 16.1. The number of carbonyl (C=O) groups is 2. The van der Waals surface area contributed by atoms with Crippen molar-refractivity contribution >= 4 is 11.8 Å². The van der Waals surface area contributed by atoms with Crippen LogP contribution >= 0.6 is 0 Å². The van der Waals surface area contributed by atoms with Crippen molar-refractivity contribution in [3.05, 3.63) is 29.6 Å². The quantitative estimate of drug-likeness (QED) is 0.879. The molecule has 0 unspecified atom stereocenters. The summed E-state index contributed by atoms with van der Waals surface area (Å²) < 4.78 is 0. The van der Waals surface area contributed by atoms with Gasteiger partial charge in [-0.05, 0) is 18.6 Å². The fourth-order valence-corrected chi connectivity index (χ4v) is 2.78. The maximum Gasteiger partial charge on any atom is 0.225 e. The summed E-state index contributed by atoms with van der Waals surface area (Å²) in [5, 5.41) is 2.70. The van der Waals surface area contributed by atoms with Crippen molar-refractivity contribution in [1.82, 2.24) is 20.1 Å². The Labute approximate surface area is 131 Å². The Morgan fingerprint density at radius 2 is 2.14 bits per heavy atom. The normalized spacial score (nSPS) is 19.6. The van der Waals surface area contributed by atoms with Gasteiger partial charge in [-0.15, -0.1) is 0 Å². The van der Waals surface area contributed by atoms with E-state index in [2.05, 4.69) is 15.2 Å². The number of nitrogens with one attached hydrogen (secondary N) is 1. The topological polar surface area (TPSA) is 65.5 Å². The molecular weight excluding hydrogens is 280 g/mol. The SMILES string of the molecule is CNC(=O)[C@H]1CN(Cc2ncccc2C)CCN(C(C)=O)C1. The van der Waals surface area contributed by atoms with E-state index in [1.165, 1.54) is 0 Å². The molecule has 0 radical (unpaired) electrons. The maximum atomic E-state index is 12.1. The predicted molar refractivity (Wildman–Crippen MR) is 84.1 cm³/mol. The third kappa shape index (κ3) is 4.04. The summed E-state index contributed by atoms with van der Waals surface area (Å²) in [4.78, 5) is 32.1. The third-order valence-corrected chi connectivity index (χ3v) is 4.16. The Morgan fingerprint density at radius 1 is 1.36 bits per heavy atom. The smallest absolute Gasteiger partial charge is 0.225 e. The minimum absolute atomic E-state index is 0.0177. The van der Waals surface area contributed by atoms with Crippen LogP contribution in [0, 0.1) is 12.8 Å². The van der Waals surface area contributed by atoms with E-state index in [-0.39, 0.29) is 17.7 Å². The van der Waals surface area contributed by atoms with Gasteiger partial charge in [-0.1, -0.05) is 6.07 Å². The standard InChI is InChI=1S/C16H24N4O2/c1-12-5-4-6-18-15(12)11-19-7-8-20(13(2)21)10-14(9-19)16(22)17-3/h4-6,14H,7-11H2,1-3H3,(H,17,22)/t14-/m0/s1. The van der Waals surface area contributed by atoms with Gasteiger partial charge in [0.1, 0.15) is 0 Å². The Hall–Kier alpha value is -1.95. The van der Waals surface area contributed by atoms with Crippen LogP contribution in [0.5, 0.6) is 0 Å². The molecule has 1 aromatic rings. The molecule has 0 spiro atoms. The van der Waals surface area contributed by atoms with Crippen LogP contribution in [0.4, 0.5) is 0 Å². The van der Waals surface area contributed by atoms with E-state index >= 15 is 0 Å². The number of aryl methyl sites for hydroxylation is 1. The first kappa shape index (κ1) is 16.4. The Bertz CT molecular complexity index is 547. The molecule has 1 aromatic heterocycles. The van der Waals surface area contributed by atoms with Crippen LogP contribution < -0.4 is 5.32 Å². The fourth-order valence-electron chi connectivity index (χ4n) is 2.78. The molecule has 2 heterocycles. The van der Waals surface area contributed by atoms with E-state index in [9.17, 15) is 9.59 Å². The number of nitrogens with zero attached hydrogens (tertiary/aromatic N) is 3. The summed E-state index contributed by atoms with van der Waals surface area (Å²) >= 11 is 0. The minimum atomic E-state index is -0.208. The lowest BCUT2D eigenvalue weighted by Gasteiger charge is -2.23. The molecule has 1 aliphatic heterocycles. The summed E-state index contributed by atoms with van der Waals surface area (Å²) in [6, 6.07) is 3.96. The lowest BCUT2D eigenvalue weighted by molar-refractivity contribution is -0.130. The largest absolute Gasteiger partial charge is 0.359 e. The second-order valence-corrected chi connectivity index (χ2v) is 5.78. The van der Waals surface area contributed by atoms with Crippen LogP contribution in [0.3, 0.4) is 0 Å². The third-order valence-electron chi connectivity index (χ3n) is 4.16. The lowest BCUT2D eigenvalue weighted by atomic mass is 10.1. The number of hydrogen-bond donors (Lipinski definition) is 1. The number of hydrogen-bond acceptors (Lipinski definition) is 4. The molecular formula is C16H24N4O2. The van der Waals surface area contributed by atoms with Gasteiger partial charge in [-0.3, -0.25) is 19.5 Å². The molecule has 1 aliphatic rings. The van der Waals surface area contributed by atoms with Gasteiger partial charge in [0.2, 0.25) is 11.8 Å². The highest BCUT2D eigenvalue weighted by molar-refractivity contribution is 5.80. The molecule has 1 N–H and O–H groups in total. The maximum absolute atomic E-state index is 12.1. The average molecular weight is 304 g/mol. The van der Waals surface area contributed by atoms with Gasteiger partial charge in [0, 0.05) is 52.9 Å². The van der Waals surface area contributed by atoms with Crippen LogP contribution in [0.15, 0.2) is 18.3 Å². The molecule has 0 bridgehead atoms. The first-order valence-corrected chi connectivity index (χ1v) is 7.61. The number of rotatable bonds is 3. The second kappa shape index (κ2) is 7.35. The van der Waals surface area contributed by atoms with Gasteiger partial charge in [-0.2, -0.15) is 0 Å². The monoisotopic (exact) mass is 304 g/mol. The fraction of sp³-hybridized carbons (Fsp3) is 0.562. The van der Waals surface area contributed by atoms with Crippen molar-refractivity contribution in [3.8, 4) is 0 Å². The van der Waals surface area contributed by atoms with Gasteiger partial charge >= 0.3 is 0 Å². The van der Waals surface area contributed by atoms with Crippen molar-refractivity contribution < 1.29 is 9.59 Å². The van der Waals surface area contributed by atoms with Gasteiger partial charge in [0.15, 0.2) is 0 Å². The van der Waals surface area contributed by atoms with Crippen molar-refractivity contribution in [2.75, 3.05) is 33.2 Å². The van der Waals surface area contributed by atoms with Crippen molar-refractivity contribution in [3.63, 3.8) is 0 Å². The first-order valence-electron chi connectivity index (χ1n) is 7.61.